The van der Waals surface area contributed by atoms with Gasteiger partial charge in [0, 0.05) is 23.5 Å². The Bertz CT molecular complexity index is 1070. The number of nitrogens with one attached hydrogen (secondary N) is 2. The first kappa shape index (κ1) is 18.2. The average Bonchev–Trinajstić information content (AvgIpc) is 2.97. The van der Waals surface area contributed by atoms with Crippen molar-refractivity contribution in [3.8, 4) is 0 Å². The molecule has 3 aromatic rings. The molecule has 3 N–H and O–H groups in total. The van der Waals surface area contributed by atoms with E-state index in [-0.39, 0.29) is 11.3 Å². The molecule has 0 radical (unpaired) electrons. The van der Waals surface area contributed by atoms with Gasteiger partial charge in [-0.05, 0) is 37.1 Å². The van der Waals surface area contributed by atoms with Crippen LogP contribution in [-0.2, 0) is 21.2 Å². The molecule has 1 heterocycles. The van der Waals surface area contributed by atoms with E-state index >= 15 is 0 Å². The summed E-state index contributed by atoms with van der Waals surface area (Å²) in [6, 6.07) is 11.2. The van der Waals surface area contributed by atoms with Crippen LogP contribution in [0.15, 0.2) is 53.6 Å². The highest BCUT2D eigenvalue weighted by Crippen LogP contribution is 2.21. The van der Waals surface area contributed by atoms with Gasteiger partial charge in [0.25, 0.3) is 0 Å². The number of rotatable bonds is 6. The first-order valence-corrected chi connectivity index (χ1v) is 9.63. The number of aliphatic carboxylic acids is 1. The van der Waals surface area contributed by atoms with Gasteiger partial charge in [-0.2, -0.15) is 4.72 Å². The molecule has 1 atom stereocenters. The highest BCUT2D eigenvalue weighted by atomic mass is 32.2. The maximum absolute atomic E-state index is 12.7. The lowest BCUT2D eigenvalue weighted by Crippen LogP contribution is -2.42. The normalized spacial score (nSPS) is 13.0. The second-order valence-corrected chi connectivity index (χ2v) is 8.03. The Morgan fingerprint density at radius 2 is 1.92 bits per heavy atom. The van der Waals surface area contributed by atoms with E-state index in [1.807, 2.05) is 31.2 Å². The molecule has 0 aliphatic carbocycles. The number of aromatic amines is 1. The molecule has 0 spiro atoms. The molecule has 0 amide bonds. The van der Waals surface area contributed by atoms with Crippen LogP contribution in [0.2, 0.25) is 0 Å². The Hall–Kier alpha value is -2.64. The summed E-state index contributed by atoms with van der Waals surface area (Å²) in [5.41, 5.74) is 3.14. The number of carbonyl (C=O) groups is 1. The number of aryl methyl sites for hydroxylation is 2. The Morgan fingerprint density at radius 3 is 2.62 bits per heavy atom. The second kappa shape index (κ2) is 6.93. The standard InChI is InChI=1S/C19H20N2O4S/c1-12-7-8-18(13(2)9-12)26(24,25)21-17(19(22)23)10-14-11-20-16-6-4-3-5-15(14)16/h3-9,11,17,20-21H,10H2,1-2H3,(H,22,23)/t17-/m1/s1. The molecule has 26 heavy (non-hydrogen) atoms. The zero-order valence-corrected chi connectivity index (χ0v) is 15.3. The minimum atomic E-state index is -3.95. The van der Waals surface area contributed by atoms with Crippen molar-refractivity contribution in [1.29, 1.82) is 0 Å². The number of aromatic nitrogens is 1. The minimum Gasteiger partial charge on any atom is -0.480 e. The van der Waals surface area contributed by atoms with Crippen LogP contribution >= 0.6 is 0 Å². The molecule has 0 fully saturated rings. The molecule has 2 aromatic carbocycles. The largest absolute Gasteiger partial charge is 0.480 e. The van der Waals surface area contributed by atoms with Gasteiger partial charge in [-0.15, -0.1) is 0 Å². The van der Waals surface area contributed by atoms with E-state index in [0.717, 1.165) is 22.0 Å². The fourth-order valence-electron chi connectivity index (χ4n) is 3.05. The molecular weight excluding hydrogens is 352 g/mol. The highest BCUT2D eigenvalue weighted by molar-refractivity contribution is 7.89. The van der Waals surface area contributed by atoms with Crippen molar-refractivity contribution in [3.63, 3.8) is 0 Å². The van der Waals surface area contributed by atoms with Gasteiger partial charge in [0.05, 0.1) is 4.90 Å². The van der Waals surface area contributed by atoms with E-state index in [1.165, 1.54) is 6.07 Å². The van der Waals surface area contributed by atoms with Gasteiger partial charge in [0.15, 0.2) is 0 Å². The predicted molar refractivity (Wildman–Crippen MR) is 99.7 cm³/mol. The summed E-state index contributed by atoms with van der Waals surface area (Å²) >= 11 is 0. The Labute approximate surface area is 151 Å². The quantitative estimate of drug-likeness (QED) is 0.619. The van der Waals surface area contributed by atoms with Gasteiger partial charge in [-0.25, -0.2) is 8.42 Å². The summed E-state index contributed by atoms with van der Waals surface area (Å²) in [6.45, 7) is 3.56. The average molecular weight is 372 g/mol. The Balaban J connectivity index is 1.90. The van der Waals surface area contributed by atoms with Crippen LogP contribution in [0.4, 0.5) is 0 Å². The molecule has 0 aliphatic rings. The van der Waals surface area contributed by atoms with E-state index in [2.05, 4.69) is 9.71 Å². The van der Waals surface area contributed by atoms with E-state index in [9.17, 15) is 18.3 Å². The summed E-state index contributed by atoms with van der Waals surface area (Å²) in [5, 5.41) is 10.4. The first-order chi connectivity index (χ1) is 12.3. The number of hydrogen-bond acceptors (Lipinski definition) is 3. The van der Waals surface area contributed by atoms with Crippen molar-refractivity contribution < 1.29 is 18.3 Å². The number of H-pyrrole nitrogens is 1. The van der Waals surface area contributed by atoms with Gasteiger partial charge in [-0.1, -0.05) is 35.9 Å². The van der Waals surface area contributed by atoms with Crippen LogP contribution in [0, 0.1) is 13.8 Å². The smallest absolute Gasteiger partial charge is 0.322 e. The molecule has 6 nitrogen and oxygen atoms in total. The number of hydrogen-bond donors (Lipinski definition) is 3. The Kier molecular flexibility index (Phi) is 4.84. The molecule has 7 heteroatoms. The topological polar surface area (TPSA) is 99.3 Å². The van der Waals surface area contributed by atoms with Crippen molar-refractivity contribution in [2.45, 2.75) is 31.2 Å². The third-order valence-corrected chi connectivity index (χ3v) is 5.95. The van der Waals surface area contributed by atoms with Crippen LogP contribution in [0.5, 0.6) is 0 Å². The summed E-state index contributed by atoms with van der Waals surface area (Å²) in [6.07, 6.45) is 1.76. The number of benzene rings is 2. The SMILES string of the molecule is Cc1ccc(S(=O)(=O)N[C@H](Cc2c[nH]c3ccccc23)C(=O)O)c(C)c1. The maximum Gasteiger partial charge on any atom is 0.322 e. The molecule has 0 saturated carbocycles. The lowest BCUT2D eigenvalue weighted by Gasteiger charge is -2.16. The van der Waals surface area contributed by atoms with Crippen LogP contribution < -0.4 is 4.72 Å². The summed E-state index contributed by atoms with van der Waals surface area (Å²) in [5.74, 6) is -1.22. The molecular formula is C19H20N2O4S. The van der Waals surface area contributed by atoms with Gasteiger partial charge >= 0.3 is 5.97 Å². The number of para-hydroxylation sites is 1. The van der Waals surface area contributed by atoms with E-state index in [4.69, 9.17) is 0 Å². The lowest BCUT2D eigenvalue weighted by molar-refractivity contribution is -0.138. The van der Waals surface area contributed by atoms with Gasteiger partial charge in [0.1, 0.15) is 6.04 Å². The lowest BCUT2D eigenvalue weighted by atomic mass is 10.1. The number of carboxylic acids is 1. The predicted octanol–water partition coefficient (Wildman–Crippen LogP) is 2.76. The maximum atomic E-state index is 12.7. The van der Waals surface area contributed by atoms with E-state index in [0.29, 0.717) is 5.56 Å². The van der Waals surface area contributed by atoms with E-state index in [1.54, 1.807) is 25.3 Å². The van der Waals surface area contributed by atoms with Crippen LogP contribution in [0.3, 0.4) is 0 Å². The monoisotopic (exact) mass is 372 g/mol. The highest BCUT2D eigenvalue weighted by Gasteiger charge is 2.27. The molecule has 0 unspecified atom stereocenters. The van der Waals surface area contributed by atoms with Gasteiger partial charge in [-0.3, -0.25) is 4.79 Å². The number of fused-ring (bicyclic) bond motifs is 1. The van der Waals surface area contributed by atoms with Crippen LogP contribution in [0.25, 0.3) is 10.9 Å². The van der Waals surface area contributed by atoms with Crippen molar-refractivity contribution in [2.75, 3.05) is 0 Å². The summed E-state index contributed by atoms with van der Waals surface area (Å²) < 4.78 is 27.7. The molecule has 136 valence electrons. The van der Waals surface area contributed by atoms with E-state index < -0.39 is 22.0 Å². The number of carboxylic acid groups (broad SMARTS) is 1. The summed E-state index contributed by atoms with van der Waals surface area (Å²) in [7, 11) is -3.95. The molecule has 0 bridgehead atoms. The fourth-order valence-corrected chi connectivity index (χ4v) is 4.47. The summed E-state index contributed by atoms with van der Waals surface area (Å²) in [4.78, 5) is 14.8. The Morgan fingerprint density at radius 1 is 1.19 bits per heavy atom. The molecule has 0 aliphatic heterocycles. The third kappa shape index (κ3) is 3.63. The molecule has 1 aromatic heterocycles. The molecule has 0 saturated heterocycles. The van der Waals surface area contributed by atoms with Crippen molar-refractivity contribution in [1.82, 2.24) is 9.71 Å². The van der Waals surface area contributed by atoms with Crippen molar-refractivity contribution >= 4 is 26.9 Å². The van der Waals surface area contributed by atoms with Crippen molar-refractivity contribution in [3.05, 3.63) is 65.4 Å². The first-order valence-electron chi connectivity index (χ1n) is 8.15. The number of sulfonamides is 1. The van der Waals surface area contributed by atoms with Crippen LogP contribution in [0.1, 0.15) is 16.7 Å². The third-order valence-electron chi connectivity index (χ3n) is 4.31. The van der Waals surface area contributed by atoms with Crippen molar-refractivity contribution in [2.24, 2.45) is 0 Å². The van der Waals surface area contributed by atoms with Crippen LogP contribution in [-0.4, -0.2) is 30.5 Å². The minimum absolute atomic E-state index is 0.0451. The van der Waals surface area contributed by atoms with Gasteiger partial charge < -0.3 is 10.1 Å². The second-order valence-electron chi connectivity index (χ2n) is 6.34. The van der Waals surface area contributed by atoms with Gasteiger partial charge in [0.2, 0.25) is 10.0 Å². The zero-order chi connectivity index (χ0) is 18.9. The zero-order valence-electron chi connectivity index (χ0n) is 14.5. The molecule has 3 rings (SSSR count). The fraction of sp³-hybridized carbons (Fsp3) is 0.211.